The van der Waals surface area contributed by atoms with Crippen LogP contribution < -0.4 is 5.32 Å². The Kier molecular flexibility index (Phi) is 5.26. The van der Waals surface area contributed by atoms with Crippen LogP contribution in [0.1, 0.15) is 44.7 Å². The number of rotatable bonds is 4. The van der Waals surface area contributed by atoms with E-state index < -0.39 is 0 Å². The Morgan fingerprint density at radius 3 is 2.29 bits per heavy atom. The van der Waals surface area contributed by atoms with Crippen molar-refractivity contribution < 1.29 is 4.79 Å². The van der Waals surface area contributed by atoms with Gasteiger partial charge in [0, 0.05) is 24.7 Å². The average Bonchev–Trinajstić information content (AvgIpc) is 2.62. The second-order valence-corrected chi connectivity index (χ2v) is 6.51. The zero-order chi connectivity index (χ0) is 16.9. The predicted molar refractivity (Wildman–Crippen MR) is 97.8 cm³/mol. The SMILES string of the molecule is CC(=O)Nc1ccc(-c2ccc(C(C)N3CCCCC3)cc2)cn1. The van der Waals surface area contributed by atoms with Crippen molar-refractivity contribution in [1.29, 1.82) is 0 Å². The van der Waals surface area contributed by atoms with E-state index in [0.29, 0.717) is 11.9 Å². The Morgan fingerprint density at radius 2 is 1.71 bits per heavy atom. The van der Waals surface area contributed by atoms with E-state index in [2.05, 4.69) is 46.4 Å². The maximum atomic E-state index is 11.0. The Labute approximate surface area is 143 Å². The van der Waals surface area contributed by atoms with Gasteiger partial charge in [-0.15, -0.1) is 0 Å². The molecule has 0 bridgehead atoms. The lowest BCUT2D eigenvalue weighted by Gasteiger charge is -2.32. The monoisotopic (exact) mass is 323 g/mol. The van der Waals surface area contributed by atoms with Crippen LogP contribution in [0.15, 0.2) is 42.6 Å². The van der Waals surface area contributed by atoms with E-state index in [4.69, 9.17) is 0 Å². The van der Waals surface area contributed by atoms with Crippen LogP contribution in [-0.4, -0.2) is 28.9 Å². The van der Waals surface area contributed by atoms with E-state index in [1.54, 1.807) is 6.20 Å². The number of benzene rings is 1. The molecule has 4 nitrogen and oxygen atoms in total. The molecular weight excluding hydrogens is 298 g/mol. The van der Waals surface area contributed by atoms with Crippen molar-refractivity contribution in [2.45, 2.75) is 39.2 Å². The zero-order valence-electron chi connectivity index (χ0n) is 14.5. The predicted octanol–water partition coefficient (Wildman–Crippen LogP) is 4.25. The van der Waals surface area contributed by atoms with Crippen molar-refractivity contribution in [2.24, 2.45) is 0 Å². The van der Waals surface area contributed by atoms with Crippen LogP contribution in [0.4, 0.5) is 5.82 Å². The van der Waals surface area contributed by atoms with E-state index in [1.807, 2.05) is 12.1 Å². The highest BCUT2D eigenvalue weighted by Gasteiger charge is 2.17. The van der Waals surface area contributed by atoms with E-state index in [9.17, 15) is 4.79 Å². The van der Waals surface area contributed by atoms with Gasteiger partial charge in [0.05, 0.1) is 0 Å². The summed E-state index contributed by atoms with van der Waals surface area (Å²) in [6, 6.07) is 13.0. The molecule has 0 spiro atoms. The molecule has 4 heteroatoms. The van der Waals surface area contributed by atoms with Crippen LogP contribution in [0.25, 0.3) is 11.1 Å². The summed E-state index contributed by atoms with van der Waals surface area (Å²) in [5.74, 6) is 0.480. The van der Waals surface area contributed by atoms with E-state index >= 15 is 0 Å². The quantitative estimate of drug-likeness (QED) is 0.914. The third-order valence-electron chi connectivity index (χ3n) is 4.73. The molecule has 2 heterocycles. The van der Waals surface area contributed by atoms with Gasteiger partial charge in [-0.25, -0.2) is 4.98 Å². The summed E-state index contributed by atoms with van der Waals surface area (Å²) in [6.45, 7) is 6.19. The number of nitrogens with one attached hydrogen (secondary N) is 1. The second kappa shape index (κ2) is 7.58. The van der Waals surface area contributed by atoms with Gasteiger partial charge in [-0.1, -0.05) is 30.7 Å². The molecule has 1 aliphatic heterocycles. The van der Waals surface area contributed by atoms with Crippen LogP contribution in [0.5, 0.6) is 0 Å². The van der Waals surface area contributed by atoms with Crippen LogP contribution in [0, 0.1) is 0 Å². The smallest absolute Gasteiger partial charge is 0.222 e. The van der Waals surface area contributed by atoms with E-state index in [0.717, 1.165) is 11.1 Å². The molecule has 0 saturated carbocycles. The van der Waals surface area contributed by atoms with Crippen molar-refractivity contribution in [2.75, 3.05) is 18.4 Å². The number of anilines is 1. The van der Waals surface area contributed by atoms with Crippen LogP contribution in [0.3, 0.4) is 0 Å². The maximum absolute atomic E-state index is 11.0. The molecule has 24 heavy (non-hydrogen) atoms. The number of carbonyl (C=O) groups excluding carboxylic acids is 1. The molecule has 126 valence electrons. The van der Waals surface area contributed by atoms with Crippen molar-refractivity contribution in [3.05, 3.63) is 48.2 Å². The summed E-state index contributed by atoms with van der Waals surface area (Å²) >= 11 is 0. The number of aromatic nitrogens is 1. The molecule has 0 radical (unpaired) electrons. The first-order valence-electron chi connectivity index (χ1n) is 8.71. The van der Waals surface area contributed by atoms with Crippen LogP contribution in [0.2, 0.25) is 0 Å². The molecule has 1 saturated heterocycles. The molecular formula is C20H25N3O. The fraction of sp³-hybridized carbons (Fsp3) is 0.400. The van der Waals surface area contributed by atoms with Gasteiger partial charge in [-0.05, 0) is 56.1 Å². The van der Waals surface area contributed by atoms with Gasteiger partial charge < -0.3 is 5.32 Å². The Balaban J connectivity index is 1.70. The van der Waals surface area contributed by atoms with Crippen molar-refractivity contribution in [3.8, 4) is 11.1 Å². The molecule has 2 aromatic rings. The number of hydrogen-bond donors (Lipinski definition) is 1. The fourth-order valence-corrected chi connectivity index (χ4v) is 3.29. The number of nitrogens with zero attached hydrogens (tertiary/aromatic N) is 2. The molecule has 1 aromatic heterocycles. The molecule has 0 aliphatic carbocycles. The highest BCUT2D eigenvalue weighted by Crippen LogP contribution is 2.27. The first-order chi connectivity index (χ1) is 11.6. The normalized spacial score (nSPS) is 16.6. The number of likely N-dealkylation sites (tertiary alicyclic amines) is 1. The van der Waals surface area contributed by atoms with Gasteiger partial charge in [-0.3, -0.25) is 9.69 Å². The lowest BCUT2D eigenvalue weighted by atomic mass is 10.00. The molecule has 3 rings (SSSR count). The topological polar surface area (TPSA) is 45.2 Å². The third kappa shape index (κ3) is 4.01. The van der Waals surface area contributed by atoms with Crippen molar-refractivity contribution in [1.82, 2.24) is 9.88 Å². The number of amides is 1. The summed E-state index contributed by atoms with van der Waals surface area (Å²) < 4.78 is 0. The molecule has 1 unspecified atom stereocenters. The largest absolute Gasteiger partial charge is 0.311 e. The lowest BCUT2D eigenvalue weighted by Crippen LogP contribution is -2.32. The van der Waals surface area contributed by atoms with Gasteiger partial charge in [-0.2, -0.15) is 0 Å². The minimum absolute atomic E-state index is 0.105. The number of carbonyl (C=O) groups is 1. The molecule has 1 N–H and O–H groups in total. The fourth-order valence-electron chi connectivity index (χ4n) is 3.29. The Morgan fingerprint density at radius 1 is 1.04 bits per heavy atom. The molecule has 1 aromatic carbocycles. The van der Waals surface area contributed by atoms with Gasteiger partial charge in [0.1, 0.15) is 5.82 Å². The van der Waals surface area contributed by atoms with Gasteiger partial charge in [0.25, 0.3) is 0 Å². The lowest BCUT2D eigenvalue weighted by molar-refractivity contribution is -0.114. The highest BCUT2D eigenvalue weighted by molar-refractivity contribution is 5.87. The first kappa shape index (κ1) is 16.7. The Hall–Kier alpha value is -2.20. The summed E-state index contributed by atoms with van der Waals surface area (Å²) in [5.41, 5.74) is 3.57. The standard InChI is InChI=1S/C20H25N3O/c1-15(23-12-4-3-5-13-23)17-6-8-18(9-7-17)19-10-11-20(21-14-19)22-16(2)24/h6-11,14-15H,3-5,12-13H2,1-2H3,(H,21,22,24). The molecule has 1 aliphatic rings. The van der Waals surface area contributed by atoms with Crippen molar-refractivity contribution >= 4 is 11.7 Å². The molecule has 1 amide bonds. The number of hydrogen-bond acceptors (Lipinski definition) is 3. The summed E-state index contributed by atoms with van der Waals surface area (Å²) in [5, 5.41) is 2.69. The summed E-state index contributed by atoms with van der Waals surface area (Å²) in [7, 11) is 0. The highest BCUT2D eigenvalue weighted by atomic mass is 16.1. The molecule has 1 atom stereocenters. The summed E-state index contributed by atoms with van der Waals surface area (Å²) in [4.78, 5) is 17.9. The maximum Gasteiger partial charge on any atom is 0.222 e. The zero-order valence-corrected chi connectivity index (χ0v) is 14.5. The summed E-state index contributed by atoms with van der Waals surface area (Å²) in [6.07, 6.45) is 5.79. The second-order valence-electron chi connectivity index (χ2n) is 6.51. The number of piperidine rings is 1. The van der Waals surface area contributed by atoms with Gasteiger partial charge in [0.2, 0.25) is 5.91 Å². The Bertz CT molecular complexity index is 673. The minimum atomic E-state index is -0.105. The van der Waals surface area contributed by atoms with Gasteiger partial charge in [0.15, 0.2) is 0 Å². The molecule has 1 fully saturated rings. The third-order valence-corrected chi connectivity index (χ3v) is 4.73. The minimum Gasteiger partial charge on any atom is -0.311 e. The van der Waals surface area contributed by atoms with E-state index in [1.165, 1.54) is 44.8 Å². The van der Waals surface area contributed by atoms with Crippen LogP contribution in [-0.2, 0) is 4.79 Å². The van der Waals surface area contributed by atoms with Crippen molar-refractivity contribution in [3.63, 3.8) is 0 Å². The number of pyridine rings is 1. The van der Waals surface area contributed by atoms with Crippen LogP contribution >= 0.6 is 0 Å². The first-order valence-corrected chi connectivity index (χ1v) is 8.71. The van der Waals surface area contributed by atoms with E-state index in [-0.39, 0.29) is 5.91 Å². The van der Waals surface area contributed by atoms with Gasteiger partial charge >= 0.3 is 0 Å². The average molecular weight is 323 g/mol.